The van der Waals surface area contributed by atoms with Gasteiger partial charge in [0.05, 0.1) is 0 Å². The van der Waals surface area contributed by atoms with Crippen LogP contribution in [-0.2, 0) is 0 Å². The molecule has 2 heteroatoms. The van der Waals surface area contributed by atoms with Crippen LogP contribution in [0.1, 0.15) is 38.5 Å². The molecule has 0 spiro atoms. The summed E-state index contributed by atoms with van der Waals surface area (Å²) in [7, 11) is 0. The van der Waals surface area contributed by atoms with E-state index in [0.717, 1.165) is 11.3 Å². The summed E-state index contributed by atoms with van der Waals surface area (Å²) in [4.78, 5) is 0. The van der Waals surface area contributed by atoms with Gasteiger partial charge in [-0.25, -0.2) is 0 Å². The number of nitrogens with one attached hydrogen (secondary N) is 1. The average molecular weight is 171 g/mol. The third kappa shape index (κ3) is 2.68. The van der Waals surface area contributed by atoms with Gasteiger partial charge in [0.2, 0.25) is 0 Å². The average Bonchev–Trinajstić information content (AvgIpc) is 2.66. The first kappa shape index (κ1) is 7.93. The van der Waals surface area contributed by atoms with Gasteiger partial charge in [-0.3, -0.25) is 0 Å². The predicted octanol–water partition coefficient (Wildman–Crippen LogP) is 2.37. The third-order valence-corrected chi connectivity index (χ3v) is 3.85. The Kier molecular flexibility index (Phi) is 2.75. The largest absolute Gasteiger partial charge is 0.305 e. The van der Waals surface area contributed by atoms with Crippen molar-refractivity contribution >= 4 is 11.8 Å². The molecule has 11 heavy (non-hydrogen) atoms. The van der Waals surface area contributed by atoms with Gasteiger partial charge in [-0.05, 0) is 25.7 Å². The highest BCUT2D eigenvalue weighted by Gasteiger charge is 2.21. The fourth-order valence-corrected chi connectivity index (χ4v) is 2.86. The highest BCUT2D eigenvalue weighted by molar-refractivity contribution is 7.99. The summed E-state index contributed by atoms with van der Waals surface area (Å²) in [5, 5.41) is 4.53. The molecule has 2 fully saturated rings. The van der Waals surface area contributed by atoms with Crippen molar-refractivity contribution in [3.8, 4) is 0 Å². The number of hydrogen-bond donors (Lipinski definition) is 1. The van der Waals surface area contributed by atoms with Gasteiger partial charge in [0, 0.05) is 17.2 Å². The second kappa shape index (κ2) is 3.81. The van der Waals surface area contributed by atoms with Crippen LogP contribution in [0.25, 0.3) is 0 Å². The van der Waals surface area contributed by atoms with Crippen LogP contribution in [0.15, 0.2) is 0 Å². The van der Waals surface area contributed by atoms with Crippen molar-refractivity contribution in [1.29, 1.82) is 0 Å². The van der Waals surface area contributed by atoms with E-state index in [4.69, 9.17) is 0 Å². The summed E-state index contributed by atoms with van der Waals surface area (Å²) >= 11 is 2.14. The molecule has 2 rings (SSSR count). The van der Waals surface area contributed by atoms with Gasteiger partial charge in [0.15, 0.2) is 0 Å². The molecule has 0 unspecified atom stereocenters. The zero-order valence-electron chi connectivity index (χ0n) is 7.01. The maximum Gasteiger partial charge on any atom is 0.0422 e. The number of thioether (sulfide) groups is 1. The molecular weight excluding hydrogens is 154 g/mol. The smallest absolute Gasteiger partial charge is 0.0422 e. The van der Waals surface area contributed by atoms with E-state index in [0.29, 0.717) is 0 Å². The van der Waals surface area contributed by atoms with Gasteiger partial charge in [-0.1, -0.05) is 12.8 Å². The molecule has 0 amide bonds. The number of hydrogen-bond acceptors (Lipinski definition) is 2. The molecule has 0 aliphatic heterocycles. The van der Waals surface area contributed by atoms with Crippen molar-refractivity contribution in [2.75, 3.05) is 5.88 Å². The van der Waals surface area contributed by atoms with Crippen molar-refractivity contribution in [3.05, 3.63) is 0 Å². The topological polar surface area (TPSA) is 12.0 Å². The van der Waals surface area contributed by atoms with Crippen LogP contribution in [0, 0.1) is 0 Å². The minimum atomic E-state index is 0.893. The summed E-state index contributed by atoms with van der Waals surface area (Å²) in [6.07, 6.45) is 8.73. The second-order valence-corrected chi connectivity index (χ2v) is 4.98. The molecule has 2 aliphatic rings. The standard InChI is InChI=1S/C9H17NS/c1-2-4-9(3-1)11-7-10-8-5-6-8/h8-10H,1-7H2. The monoisotopic (exact) mass is 171 g/mol. The van der Waals surface area contributed by atoms with Crippen LogP contribution in [-0.4, -0.2) is 17.2 Å². The van der Waals surface area contributed by atoms with Gasteiger partial charge in [0.25, 0.3) is 0 Å². The van der Waals surface area contributed by atoms with Crippen molar-refractivity contribution < 1.29 is 0 Å². The summed E-state index contributed by atoms with van der Waals surface area (Å²) in [5.41, 5.74) is 0. The first-order valence-electron chi connectivity index (χ1n) is 4.80. The SMILES string of the molecule is C1CCC(SCNC2CC2)C1. The van der Waals surface area contributed by atoms with E-state index in [1.807, 2.05) is 0 Å². The third-order valence-electron chi connectivity index (χ3n) is 2.57. The molecule has 2 saturated carbocycles. The molecule has 64 valence electrons. The molecule has 0 aromatic rings. The van der Waals surface area contributed by atoms with Crippen LogP contribution >= 0.6 is 11.8 Å². The molecule has 0 aromatic heterocycles. The van der Waals surface area contributed by atoms with Crippen LogP contribution in [0.5, 0.6) is 0 Å². The van der Waals surface area contributed by atoms with Gasteiger partial charge >= 0.3 is 0 Å². The van der Waals surface area contributed by atoms with Crippen LogP contribution in [0.3, 0.4) is 0 Å². The molecule has 0 saturated heterocycles. The quantitative estimate of drug-likeness (QED) is 0.652. The fraction of sp³-hybridized carbons (Fsp3) is 1.00. The Balaban J connectivity index is 1.51. The molecule has 0 radical (unpaired) electrons. The molecular formula is C9H17NS. The fourth-order valence-electron chi connectivity index (χ4n) is 1.63. The van der Waals surface area contributed by atoms with E-state index in [-0.39, 0.29) is 0 Å². The lowest BCUT2D eigenvalue weighted by molar-refractivity contribution is 0.782. The van der Waals surface area contributed by atoms with Gasteiger partial charge in [-0.15, -0.1) is 11.8 Å². The van der Waals surface area contributed by atoms with Crippen molar-refractivity contribution in [3.63, 3.8) is 0 Å². The predicted molar refractivity (Wildman–Crippen MR) is 50.9 cm³/mol. The Morgan fingerprint density at radius 3 is 2.45 bits per heavy atom. The van der Waals surface area contributed by atoms with Gasteiger partial charge < -0.3 is 5.32 Å². The number of rotatable bonds is 4. The summed E-state index contributed by atoms with van der Waals surface area (Å²) in [5.74, 6) is 1.20. The molecule has 1 nitrogen and oxygen atoms in total. The van der Waals surface area contributed by atoms with Gasteiger partial charge in [-0.2, -0.15) is 0 Å². The van der Waals surface area contributed by atoms with Crippen LogP contribution in [0.2, 0.25) is 0 Å². The Morgan fingerprint density at radius 2 is 1.82 bits per heavy atom. The maximum absolute atomic E-state index is 3.55. The van der Waals surface area contributed by atoms with E-state index >= 15 is 0 Å². The summed E-state index contributed by atoms with van der Waals surface area (Å²) < 4.78 is 0. The van der Waals surface area contributed by atoms with Gasteiger partial charge in [0.1, 0.15) is 0 Å². The maximum atomic E-state index is 3.55. The van der Waals surface area contributed by atoms with E-state index in [1.54, 1.807) is 0 Å². The normalized spacial score (nSPS) is 26.2. The second-order valence-electron chi connectivity index (χ2n) is 3.70. The summed E-state index contributed by atoms with van der Waals surface area (Å²) in [6.45, 7) is 0. The van der Waals surface area contributed by atoms with E-state index in [2.05, 4.69) is 17.1 Å². The molecule has 2 aliphatic carbocycles. The highest BCUT2D eigenvalue weighted by Crippen LogP contribution is 2.29. The Bertz CT molecular complexity index is 117. The van der Waals surface area contributed by atoms with Crippen molar-refractivity contribution in [1.82, 2.24) is 5.32 Å². The molecule has 1 N–H and O–H groups in total. The Hall–Kier alpha value is 0.310. The molecule has 0 heterocycles. The molecule has 0 aromatic carbocycles. The van der Waals surface area contributed by atoms with E-state index < -0.39 is 0 Å². The van der Waals surface area contributed by atoms with Crippen LogP contribution < -0.4 is 5.32 Å². The lowest BCUT2D eigenvalue weighted by Crippen LogP contribution is -2.16. The summed E-state index contributed by atoms with van der Waals surface area (Å²) in [6, 6.07) is 0.893. The lowest BCUT2D eigenvalue weighted by Gasteiger charge is -2.08. The van der Waals surface area contributed by atoms with E-state index in [9.17, 15) is 0 Å². The zero-order chi connectivity index (χ0) is 7.52. The molecule has 0 bridgehead atoms. The molecule has 0 atom stereocenters. The minimum Gasteiger partial charge on any atom is -0.305 e. The Labute approximate surface area is 73.3 Å². The zero-order valence-corrected chi connectivity index (χ0v) is 7.83. The van der Waals surface area contributed by atoms with Crippen LogP contribution in [0.4, 0.5) is 0 Å². The first-order valence-corrected chi connectivity index (χ1v) is 5.85. The lowest BCUT2D eigenvalue weighted by atomic mass is 10.4. The van der Waals surface area contributed by atoms with Crippen molar-refractivity contribution in [2.45, 2.75) is 49.8 Å². The highest BCUT2D eigenvalue weighted by atomic mass is 32.2. The van der Waals surface area contributed by atoms with Crippen molar-refractivity contribution in [2.24, 2.45) is 0 Å². The minimum absolute atomic E-state index is 0.893. The van der Waals surface area contributed by atoms with E-state index in [1.165, 1.54) is 44.4 Å². The Morgan fingerprint density at radius 1 is 1.09 bits per heavy atom. The first-order chi connectivity index (χ1) is 5.45.